The van der Waals surface area contributed by atoms with Crippen LogP contribution in [0.5, 0.6) is 5.75 Å². The van der Waals surface area contributed by atoms with Crippen LogP contribution in [0.3, 0.4) is 0 Å². The predicted molar refractivity (Wildman–Crippen MR) is 124 cm³/mol. The van der Waals surface area contributed by atoms with E-state index in [2.05, 4.69) is 4.98 Å². The van der Waals surface area contributed by atoms with E-state index in [0.29, 0.717) is 46.9 Å². The summed E-state index contributed by atoms with van der Waals surface area (Å²) in [5.74, 6) is -0.109. The number of carbonyl (C=O) groups is 2. The van der Waals surface area contributed by atoms with Crippen molar-refractivity contribution in [1.29, 1.82) is 0 Å². The van der Waals surface area contributed by atoms with Crippen molar-refractivity contribution in [3.05, 3.63) is 63.7 Å². The Morgan fingerprint density at radius 2 is 1.91 bits per heavy atom. The van der Waals surface area contributed by atoms with Crippen molar-refractivity contribution in [3.63, 3.8) is 0 Å². The molecule has 0 radical (unpaired) electrons. The van der Waals surface area contributed by atoms with Gasteiger partial charge in [0.15, 0.2) is 12.4 Å². The molecule has 0 spiro atoms. The fourth-order valence-corrected chi connectivity index (χ4v) is 6.05. The second kappa shape index (κ2) is 9.79. The molecular weight excluding hydrogens is 487 g/mol. The first kappa shape index (κ1) is 24.3. The number of hydrogen-bond acceptors (Lipinski definition) is 6. The van der Waals surface area contributed by atoms with Crippen molar-refractivity contribution in [2.45, 2.75) is 43.0 Å². The molecule has 1 N–H and O–H groups in total. The number of aromatic nitrogens is 1. The molecule has 34 heavy (non-hydrogen) atoms. The molecule has 1 aromatic heterocycles. The van der Waals surface area contributed by atoms with Gasteiger partial charge in [-0.25, -0.2) is 9.78 Å². The lowest BCUT2D eigenvalue weighted by molar-refractivity contribution is -0.139. The normalized spacial score (nSPS) is 13.6. The van der Waals surface area contributed by atoms with Crippen molar-refractivity contribution >= 4 is 34.9 Å². The fourth-order valence-electron chi connectivity index (χ4n) is 3.74. The second-order valence-corrected chi connectivity index (χ2v) is 9.87. The molecule has 10 heteroatoms. The number of hydrogen-bond donors (Lipinski definition) is 1. The molecule has 0 saturated carbocycles. The van der Waals surface area contributed by atoms with Gasteiger partial charge in [-0.3, -0.25) is 4.79 Å². The fraction of sp³-hybridized carbons (Fsp3) is 0.292. The van der Waals surface area contributed by atoms with Crippen LogP contribution in [0.15, 0.2) is 41.3 Å². The number of aliphatic carboxylic acids is 1. The molecule has 5 nitrogen and oxygen atoms in total. The number of ketones is 1. The molecule has 178 valence electrons. The smallest absolute Gasteiger partial charge is 0.416 e. The van der Waals surface area contributed by atoms with Crippen LogP contribution in [-0.4, -0.2) is 28.4 Å². The highest BCUT2D eigenvalue weighted by molar-refractivity contribution is 7.98. The van der Waals surface area contributed by atoms with E-state index < -0.39 is 24.3 Å². The van der Waals surface area contributed by atoms with Crippen LogP contribution < -0.4 is 4.74 Å². The van der Waals surface area contributed by atoms with Crippen molar-refractivity contribution in [3.8, 4) is 16.3 Å². The van der Waals surface area contributed by atoms with Crippen LogP contribution in [-0.2, 0) is 23.1 Å². The number of alkyl halides is 3. The number of carboxylic acids is 1. The van der Waals surface area contributed by atoms with Gasteiger partial charge >= 0.3 is 12.1 Å². The minimum Gasteiger partial charge on any atom is -0.482 e. The summed E-state index contributed by atoms with van der Waals surface area (Å²) in [6, 6.07) is 8.41. The number of aryl methyl sites for hydroxylation is 1. The van der Waals surface area contributed by atoms with Crippen LogP contribution in [0.4, 0.5) is 13.2 Å². The van der Waals surface area contributed by atoms with Gasteiger partial charge in [-0.1, -0.05) is 12.1 Å². The molecule has 2 aromatic carbocycles. The number of carboxylic acid groups (broad SMARTS) is 1. The molecule has 0 amide bonds. The Labute approximate surface area is 202 Å². The molecule has 3 aromatic rings. The van der Waals surface area contributed by atoms with Crippen molar-refractivity contribution in [2.75, 3.05) is 6.61 Å². The van der Waals surface area contributed by atoms with Crippen LogP contribution >= 0.6 is 23.1 Å². The van der Waals surface area contributed by atoms with Gasteiger partial charge in [0.25, 0.3) is 0 Å². The lowest BCUT2D eigenvalue weighted by Gasteiger charge is -2.21. The van der Waals surface area contributed by atoms with Crippen LogP contribution in [0, 0.1) is 6.92 Å². The third kappa shape index (κ3) is 5.28. The second-order valence-electron chi connectivity index (χ2n) is 7.77. The van der Waals surface area contributed by atoms with E-state index >= 15 is 0 Å². The summed E-state index contributed by atoms with van der Waals surface area (Å²) in [6.45, 7) is 1.38. The summed E-state index contributed by atoms with van der Waals surface area (Å²) in [7, 11) is 0. The van der Waals surface area contributed by atoms with Crippen molar-refractivity contribution < 1.29 is 32.6 Å². The lowest BCUT2D eigenvalue weighted by Crippen LogP contribution is -2.16. The van der Waals surface area contributed by atoms with Crippen molar-refractivity contribution in [2.24, 2.45) is 0 Å². The van der Waals surface area contributed by atoms with Crippen LogP contribution in [0.1, 0.15) is 44.9 Å². The summed E-state index contributed by atoms with van der Waals surface area (Å²) < 4.78 is 43.9. The molecule has 1 aliphatic carbocycles. The Kier molecular flexibility index (Phi) is 6.99. The van der Waals surface area contributed by atoms with Gasteiger partial charge in [-0.15, -0.1) is 23.1 Å². The molecule has 0 unspecified atom stereocenters. The van der Waals surface area contributed by atoms with E-state index in [4.69, 9.17) is 9.84 Å². The maximum atomic E-state index is 12.8. The molecule has 0 fully saturated rings. The number of thiazole rings is 1. The Hall–Kier alpha value is -2.85. The Balaban J connectivity index is 1.54. The molecule has 0 aliphatic heterocycles. The zero-order valence-electron chi connectivity index (χ0n) is 18.1. The highest BCUT2D eigenvalue weighted by atomic mass is 32.2. The summed E-state index contributed by atoms with van der Waals surface area (Å²) in [6.07, 6.45) is -2.62. The number of ether oxygens (including phenoxy) is 1. The van der Waals surface area contributed by atoms with E-state index in [9.17, 15) is 22.8 Å². The van der Waals surface area contributed by atoms with E-state index in [-0.39, 0.29) is 5.78 Å². The molecule has 0 atom stereocenters. The molecule has 4 rings (SSSR count). The standard InChI is InChI=1S/C24H20F3NO4S2/c1-13-20(34-23(28-13)14-5-7-15(8-6-14)24(25,26)27)12-33-19-10-9-18(32-11-21(30)31)16-3-2-4-17(29)22(16)19/h5-10H,2-4,11-12H2,1H3,(H,30,31). The van der Waals surface area contributed by atoms with Gasteiger partial charge in [0.1, 0.15) is 10.8 Å². The number of fused-ring (bicyclic) bond motifs is 1. The quantitative estimate of drug-likeness (QED) is 0.372. The topological polar surface area (TPSA) is 76.5 Å². The number of benzene rings is 2. The average molecular weight is 508 g/mol. The van der Waals surface area contributed by atoms with Gasteiger partial charge in [-0.05, 0) is 44.0 Å². The first-order valence-electron chi connectivity index (χ1n) is 10.4. The SMILES string of the molecule is Cc1nc(-c2ccc(C(F)(F)F)cc2)sc1CSc1ccc(OCC(=O)O)c2c1C(=O)CCC2. The summed E-state index contributed by atoms with van der Waals surface area (Å²) in [5.41, 5.74) is 2.03. The van der Waals surface area contributed by atoms with Crippen LogP contribution in [0.2, 0.25) is 0 Å². The zero-order valence-corrected chi connectivity index (χ0v) is 19.7. The predicted octanol–water partition coefficient (Wildman–Crippen LogP) is 6.41. The minimum atomic E-state index is -4.39. The summed E-state index contributed by atoms with van der Waals surface area (Å²) >= 11 is 2.89. The van der Waals surface area contributed by atoms with Gasteiger partial charge in [0.05, 0.1) is 11.3 Å². The third-order valence-corrected chi connectivity index (χ3v) is 7.88. The van der Waals surface area contributed by atoms with E-state index in [1.165, 1.54) is 35.2 Å². The lowest BCUT2D eigenvalue weighted by atomic mass is 9.90. The molecule has 1 heterocycles. The highest BCUT2D eigenvalue weighted by Gasteiger charge is 2.30. The number of carbonyl (C=O) groups excluding carboxylic acids is 1. The van der Waals surface area contributed by atoms with Crippen molar-refractivity contribution in [1.82, 2.24) is 4.98 Å². The van der Waals surface area contributed by atoms with Gasteiger partial charge in [0, 0.05) is 38.6 Å². The molecule has 0 saturated heterocycles. The van der Waals surface area contributed by atoms with E-state index in [1.54, 1.807) is 12.1 Å². The van der Waals surface area contributed by atoms with Gasteiger partial charge < -0.3 is 9.84 Å². The maximum Gasteiger partial charge on any atom is 0.416 e. The van der Waals surface area contributed by atoms with E-state index in [0.717, 1.165) is 33.2 Å². The zero-order chi connectivity index (χ0) is 24.5. The van der Waals surface area contributed by atoms with E-state index in [1.807, 2.05) is 6.92 Å². The number of rotatable bonds is 7. The van der Waals surface area contributed by atoms with Crippen LogP contribution in [0.25, 0.3) is 10.6 Å². The largest absolute Gasteiger partial charge is 0.482 e. The number of thioether (sulfide) groups is 1. The average Bonchev–Trinajstić information content (AvgIpc) is 3.16. The number of nitrogens with zero attached hydrogens (tertiary/aromatic N) is 1. The monoisotopic (exact) mass is 507 g/mol. The number of Topliss-reactive ketones (excluding diaryl/α,β-unsaturated/α-hetero) is 1. The minimum absolute atomic E-state index is 0.0102. The third-order valence-electron chi connectivity index (χ3n) is 5.40. The van der Waals surface area contributed by atoms with Gasteiger partial charge in [0.2, 0.25) is 0 Å². The molecule has 0 bridgehead atoms. The number of halogens is 3. The van der Waals surface area contributed by atoms with Gasteiger partial charge in [-0.2, -0.15) is 13.2 Å². The Bertz CT molecular complexity index is 1240. The first-order valence-corrected chi connectivity index (χ1v) is 12.2. The highest BCUT2D eigenvalue weighted by Crippen LogP contribution is 2.40. The molecular formula is C24H20F3NO4S2. The first-order chi connectivity index (χ1) is 16.1. The summed E-state index contributed by atoms with van der Waals surface area (Å²) in [5, 5.41) is 9.54. The maximum absolute atomic E-state index is 12.8. The Morgan fingerprint density at radius 1 is 1.18 bits per heavy atom. The molecule has 1 aliphatic rings. The Morgan fingerprint density at radius 3 is 2.59 bits per heavy atom. The summed E-state index contributed by atoms with van der Waals surface area (Å²) in [4.78, 5) is 29.8.